The monoisotopic (exact) mass is 407 g/mol. The van der Waals surface area contributed by atoms with Crippen LogP contribution in [0.4, 0.5) is 8.78 Å². The molecule has 0 aliphatic carbocycles. The molecule has 4 aromatic rings. The van der Waals surface area contributed by atoms with Crippen molar-refractivity contribution in [2.24, 2.45) is 0 Å². The molecule has 154 valence electrons. The van der Waals surface area contributed by atoms with E-state index in [1.165, 1.54) is 18.2 Å². The van der Waals surface area contributed by atoms with Gasteiger partial charge in [-0.2, -0.15) is 5.10 Å². The van der Waals surface area contributed by atoms with Gasteiger partial charge >= 0.3 is 0 Å². The van der Waals surface area contributed by atoms with Crippen LogP contribution in [0, 0.1) is 11.6 Å². The van der Waals surface area contributed by atoms with Gasteiger partial charge in [-0.25, -0.2) is 18.4 Å². The fourth-order valence-electron chi connectivity index (χ4n) is 3.44. The van der Waals surface area contributed by atoms with Crippen LogP contribution in [0.3, 0.4) is 0 Å². The van der Waals surface area contributed by atoms with E-state index < -0.39 is 0 Å². The van der Waals surface area contributed by atoms with Crippen LogP contribution in [-0.2, 0) is 19.6 Å². The zero-order valence-corrected chi connectivity index (χ0v) is 16.5. The molecule has 30 heavy (non-hydrogen) atoms. The van der Waals surface area contributed by atoms with Gasteiger partial charge in [0.05, 0.1) is 18.2 Å². The summed E-state index contributed by atoms with van der Waals surface area (Å²) in [7, 11) is 0. The lowest BCUT2D eigenvalue weighted by Crippen LogP contribution is -2.24. The lowest BCUT2D eigenvalue weighted by molar-refractivity contribution is 0.248. The molecule has 2 heterocycles. The van der Waals surface area contributed by atoms with Crippen LogP contribution in [0.2, 0.25) is 0 Å². The highest BCUT2D eigenvalue weighted by molar-refractivity contribution is 5.31. The summed E-state index contributed by atoms with van der Waals surface area (Å²) in [6, 6.07) is 12.9. The third-order valence-corrected chi connectivity index (χ3v) is 4.88. The number of hydrogen-bond acceptors (Lipinski definition) is 3. The Kier molecular flexibility index (Phi) is 6.29. The molecule has 0 unspecified atom stereocenters. The zero-order chi connectivity index (χ0) is 20.8. The Hall–Kier alpha value is -3.32. The SMILES string of the molecule is Fc1ccc(-n2cc(CN(CCCn3ccnc3)Cc3cccc(F)c3)cn2)cc1. The Morgan fingerprint density at radius 2 is 1.77 bits per heavy atom. The maximum atomic E-state index is 13.6. The first-order valence-electron chi connectivity index (χ1n) is 9.88. The summed E-state index contributed by atoms with van der Waals surface area (Å²) in [6.45, 7) is 3.04. The largest absolute Gasteiger partial charge is 0.337 e. The standard InChI is InChI=1S/C23H23F2N5/c24-21-5-7-23(8-6-21)30-17-20(14-27-30)16-29(11-2-10-28-12-9-26-18-28)15-19-3-1-4-22(25)13-19/h1,3-9,12-14,17-18H,2,10-11,15-16H2. The maximum absolute atomic E-state index is 13.6. The number of halogens is 2. The molecule has 0 atom stereocenters. The van der Waals surface area contributed by atoms with Crippen molar-refractivity contribution >= 4 is 0 Å². The van der Waals surface area contributed by atoms with E-state index in [0.717, 1.165) is 36.3 Å². The Morgan fingerprint density at radius 3 is 2.53 bits per heavy atom. The average molecular weight is 407 g/mol. The van der Waals surface area contributed by atoms with Gasteiger partial charge in [-0.1, -0.05) is 12.1 Å². The van der Waals surface area contributed by atoms with Gasteiger partial charge in [0.1, 0.15) is 11.6 Å². The minimum Gasteiger partial charge on any atom is -0.337 e. The van der Waals surface area contributed by atoms with Gasteiger partial charge in [0.2, 0.25) is 0 Å². The van der Waals surface area contributed by atoms with Crippen LogP contribution in [-0.4, -0.2) is 30.8 Å². The predicted molar refractivity (Wildman–Crippen MR) is 111 cm³/mol. The molecule has 0 saturated carbocycles. The van der Waals surface area contributed by atoms with Crippen molar-refractivity contribution < 1.29 is 8.78 Å². The summed E-state index contributed by atoms with van der Waals surface area (Å²) >= 11 is 0. The number of imidazole rings is 1. The first-order chi connectivity index (χ1) is 14.7. The van der Waals surface area contributed by atoms with Gasteiger partial charge in [-0.05, 0) is 48.4 Å². The van der Waals surface area contributed by atoms with E-state index in [0.29, 0.717) is 13.1 Å². The molecular formula is C23H23F2N5. The van der Waals surface area contributed by atoms with E-state index >= 15 is 0 Å². The number of hydrogen-bond donors (Lipinski definition) is 0. The Morgan fingerprint density at radius 1 is 0.933 bits per heavy atom. The minimum atomic E-state index is -0.273. The lowest BCUT2D eigenvalue weighted by atomic mass is 10.2. The van der Waals surface area contributed by atoms with Crippen LogP contribution in [0.5, 0.6) is 0 Å². The van der Waals surface area contributed by atoms with Crippen LogP contribution < -0.4 is 0 Å². The van der Waals surface area contributed by atoms with Crippen molar-refractivity contribution in [3.63, 3.8) is 0 Å². The Labute approximate surface area is 174 Å². The Bertz CT molecular complexity index is 1060. The van der Waals surface area contributed by atoms with Gasteiger partial charge < -0.3 is 4.57 Å². The Balaban J connectivity index is 1.45. The molecule has 5 nitrogen and oxygen atoms in total. The average Bonchev–Trinajstić information content (AvgIpc) is 3.41. The molecule has 0 radical (unpaired) electrons. The molecule has 4 rings (SSSR count). The molecule has 0 amide bonds. The van der Waals surface area contributed by atoms with Gasteiger partial charge in [0.25, 0.3) is 0 Å². The molecule has 0 aliphatic rings. The van der Waals surface area contributed by atoms with Gasteiger partial charge in [-0.3, -0.25) is 4.90 Å². The summed E-state index contributed by atoms with van der Waals surface area (Å²) in [5, 5.41) is 4.41. The second-order valence-corrected chi connectivity index (χ2v) is 7.26. The summed E-state index contributed by atoms with van der Waals surface area (Å²) in [6.07, 6.45) is 10.2. The highest BCUT2D eigenvalue weighted by atomic mass is 19.1. The van der Waals surface area contributed by atoms with E-state index in [2.05, 4.69) is 15.0 Å². The smallest absolute Gasteiger partial charge is 0.123 e. The molecule has 7 heteroatoms. The van der Waals surface area contributed by atoms with E-state index in [1.807, 2.05) is 35.6 Å². The minimum absolute atomic E-state index is 0.227. The highest BCUT2D eigenvalue weighted by Crippen LogP contribution is 2.14. The van der Waals surface area contributed by atoms with Crippen molar-refractivity contribution in [1.82, 2.24) is 24.2 Å². The molecular weight excluding hydrogens is 384 g/mol. The van der Waals surface area contributed by atoms with Crippen LogP contribution in [0.25, 0.3) is 5.69 Å². The molecule has 0 N–H and O–H groups in total. The van der Waals surface area contributed by atoms with E-state index in [1.54, 1.807) is 35.1 Å². The topological polar surface area (TPSA) is 38.9 Å². The molecule has 0 aliphatic heterocycles. The first kappa shape index (κ1) is 20.0. The first-order valence-corrected chi connectivity index (χ1v) is 9.88. The second-order valence-electron chi connectivity index (χ2n) is 7.26. The molecule has 2 aromatic heterocycles. The maximum Gasteiger partial charge on any atom is 0.123 e. The highest BCUT2D eigenvalue weighted by Gasteiger charge is 2.10. The fourth-order valence-corrected chi connectivity index (χ4v) is 3.44. The van der Waals surface area contributed by atoms with Gasteiger partial charge in [0, 0.05) is 50.3 Å². The molecule has 0 spiro atoms. The van der Waals surface area contributed by atoms with E-state index in [4.69, 9.17) is 0 Å². The molecule has 2 aromatic carbocycles. The summed E-state index contributed by atoms with van der Waals surface area (Å²) in [5.74, 6) is -0.500. The number of rotatable bonds is 9. The summed E-state index contributed by atoms with van der Waals surface area (Å²) in [4.78, 5) is 6.35. The number of aromatic nitrogens is 4. The van der Waals surface area contributed by atoms with Crippen molar-refractivity contribution in [1.29, 1.82) is 0 Å². The van der Waals surface area contributed by atoms with Crippen LogP contribution >= 0.6 is 0 Å². The molecule has 0 saturated heterocycles. The van der Waals surface area contributed by atoms with Crippen LogP contribution in [0.15, 0.2) is 79.6 Å². The normalized spacial score (nSPS) is 11.3. The van der Waals surface area contributed by atoms with Gasteiger partial charge in [0.15, 0.2) is 0 Å². The second kappa shape index (κ2) is 9.45. The predicted octanol–water partition coefficient (Wildman–Crippen LogP) is 4.44. The number of nitrogens with zero attached hydrogens (tertiary/aromatic N) is 5. The van der Waals surface area contributed by atoms with Crippen LogP contribution in [0.1, 0.15) is 17.5 Å². The van der Waals surface area contributed by atoms with Crippen molar-refractivity contribution in [3.05, 3.63) is 102 Å². The quantitative estimate of drug-likeness (QED) is 0.412. The van der Waals surface area contributed by atoms with E-state index in [-0.39, 0.29) is 11.6 Å². The third-order valence-electron chi connectivity index (χ3n) is 4.88. The summed E-state index contributed by atoms with van der Waals surface area (Å²) < 4.78 is 30.6. The number of benzene rings is 2. The van der Waals surface area contributed by atoms with Crippen molar-refractivity contribution in [2.45, 2.75) is 26.1 Å². The van der Waals surface area contributed by atoms with E-state index in [9.17, 15) is 8.78 Å². The molecule has 0 bridgehead atoms. The number of aryl methyl sites for hydroxylation is 1. The third kappa shape index (κ3) is 5.39. The van der Waals surface area contributed by atoms with Crippen molar-refractivity contribution in [3.8, 4) is 5.69 Å². The fraction of sp³-hybridized carbons (Fsp3) is 0.217. The lowest BCUT2D eigenvalue weighted by Gasteiger charge is -2.22. The van der Waals surface area contributed by atoms with Crippen molar-refractivity contribution in [2.75, 3.05) is 6.54 Å². The summed E-state index contributed by atoms with van der Waals surface area (Å²) in [5.41, 5.74) is 2.78. The zero-order valence-electron chi connectivity index (χ0n) is 16.5. The van der Waals surface area contributed by atoms with Gasteiger partial charge in [-0.15, -0.1) is 0 Å². The molecule has 0 fully saturated rings.